The van der Waals surface area contributed by atoms with Crippen LogP contribution in [-0.4, -0.2) is 32.3 Å². The third-order valence-corrected chi connectivity index (χ3v) is 4.83. The van der Waals surface area contributed by atoms with Gasteiger partial charge in [0.1, 0.15) is 0 Å². The molecule has 1 amide bonds. The lowest BCUT2D eigenvalue weighted by Gasteiger charge is -2.22. The van der Waals surface area contributed by atoms with Crippen molar-refractivity contribution in [1.29, 1.82) is 0 Å². The summed E-state index contributed by atoms with van der Waals surface area (Å²) in [5.74, 6) is -0.237. The summed E-state index contributed by atoms with van der Waals surface area (Å²) < 4.78 is 23.1. The lowest BCUT2D eigenvalue weighted by Crippen LogP contribution is -2.33. The van der Waals surface area contributed by atoms with Gasteiger partial charge in [-0.3, -0.25) is 4.79 Å². The monoisotopic (exact) mass is 358 g/mol. The summed E-state index contributed by atoms with van der Waals surface area (Å²) in [6, 6.07) is 14.2. The Morgan fingerprint density at radius 3 is 2.48 bits per heavy atom. The van der Waals surface area contributed by atoms with Crippen LogP contribution in [0.1, 0.15) is 21.5 Å². The van der Waals surface area contributed by atoms with Crippen molar-refractivity contribution in [3.63, 3.8) is 0 Å². The van der Waals surface area contributed by atoms with Gasteiger partial charge in [0.15, 0.2) is 0 Å². The molecule has 0 aliphatic carbocycles. The first kappa shape index (κ1) is 18.9. The Morgan fingerprint density at radius 1 is 1.20 bits per heavy atom. The molecule has 0 fully saturated rings. The van der Waals surface area contributed by atoms with Gasteiger partial charge in [-0.25, -0.2) is 13.6 Å². The summed E-state index contributed by atoms with van der Waals surface area (Å²) in [4.78, 5) is 14.5. The summed E-state index contributed by atoms with van der Waals surface area (Å²) >= 11 is 0. The second kappa shape index (κ2) is 8.09. The van der Waals surface area contributed by atoms with Crippen molar-refractivity contribution in [2.24, 2.45) is 5.14 Å². The average molecular weight is 358 g/mol. The summed E-state index contributed by atoms with van der Waals surface area (Å²) in [5.41, 5.74) is 2.16. The summed E-state index contributed by atoms with van der Waals surface area (Å²) in [6.45, 7) is 6.36. The molecule has 0 saturated carbocycles. The molecule has 0 atom stereocenters. The number of amides is 1. The van der Waals surface area contributed by atoms with E-state index in [1.54, 1.807) is 24.0 Å². The molecule has 6 heteroatoms. The van der Waals surface area contributed by atoms with Crippen LogP contribution in [0.3, 0.4) is 0 Å². The number of nitrogens with two attached hydrogens (primary N) is 1. The van der Waals surface area contributed by atoms with Gasteiger partial charge in [-0.05, 0) is 36.6 Å². The number of carbonyl (C=O) groups excluding carboxylic acids is 1. The van der Waals surface area contributed by atoms with E-state index in [1.165, 1.54) is 12.1 Å². The molecular weight excluding hydrogens is 336 g/mol. The fourth-order valence-electron chi connectivity index (χ4n) is 2.52. The number of hydrogen-bond donors (Lipinski definition) is 1. The zero-order valence-corrected chi connectivity index (χ0v) is 15.0. The van der Waals surface area contributed by atoms with Crippen molar-refractivity contribution in [2.45, 2.75) is 18.2 Å². The molecular formula is C19H22N2O3S. The van der Waals surface area contributed by atoms with Crippen LogP contribution in [-0.2, 0) is 16.4 Å². The van der Waals surface area contributed by atoms with Crippen LogP contribution < -0.4 is 5.14 Å². The van der Waals surface area contributed by atoms with Gasteiger partial charge in [0, 0.05) is 18.7 Å². The predicted octanol–water partition coefficient (Wildman–Crippen LogP) is 2.51. The lowest BCUT2D eigenvalue weighted by atomic mass is 10.1. The number of primary sulfonamides is 1. The minimum absolute atomic E-state index is 0.0666. The Balaban J connectivity index is 2.26. The van der Waals surface area contributed by atoms with Crippen molar-refractivity contribution in [3.8, 4) is 0 Å². The quantitative estimate of drug-likeness (QED) is 0.772. The summed E-state index contributed by atoms with van der Waals surface area (Å²) in [6.07, 6.45) is 2.36. The maximum Gasteiger partial charge on any atom is 0.254 e. The first-order valence-corrected chi connectivity index (χ1v) is 9.45. The standard InChI is InChI=1S/C19H22N2O3S/c1-3-12-21(13-11-16-7-5-4-6-8-16)19(22)18-14-17(25(20,23)24)10-9-15(18)2/h3-10,14H,1,11-13H2,2H3,(H2,20,23,24). The largest absolute Gasteiger partial charge is 0.335 e. The normalized spacial score (nSPS) is 11.1. The highest BCUT2D eigenvalue weighted by Crippen LogP contribution is 2.17. The van der Waals surface area contributed by atoms with Crippen LogP contribution in [0.2, 0.25) is 0 Å². The minimum Gasteiger partial charge on any atom is -0.335 e. The molecule has 132 valence electrons. The highest BCUT2D eigenvalue weighted by molar-refractivity contribution is 7.89. The Labute approximate surface area is 148 Å². The Morgan fingerprint density at radius 2 is 1.88 bits per heavy atom. The van der Waals surface area contributed by atoms with Crippen molar-refractivity contribution in [3.05, 3.63) is 77.9 Å². The molecule has 0 aromatic heterocycles. The molecule has 25 heavy (non-hydrogen) atoms. The van der Waals surface area contributed by atoms with E-state index >= 15 is 0 Å². The third kappa shape index (κ3) is 5.01. The van der Waals surface area contributed by atoms with E-state index in [0.29, 0.717) is 30.6 Å². The van der Waals surface area contributed by atoms with E-state index in [1.807, 2.05) is 30.3 Å². The highest BCUT2D eigenvalue weighted by Gasteiger charge is 2.19. The minimum atomic E-state index is -3.86. The van der Waals surface area contributed by atoms with Gasteiger partial charge in [0.25, 0.3) is 5.91 Å². The predicted molar refractivity (Wildman–Crippen MR) is 98.8 cm³/mol. The summed E-state index contributed by atoms with van der Waals surface area (Å²) in [7, 11) is -3.86. The van der Waals surface area contributed by atoms with E-state index in [9.17, 15) is 13.2 Å². The number of carbonyl (C=O) groups is 1. The van der Waals surface area contributed by atoms with E-state index in [-0.39, 0.29) is 10.8 Å². The lowest BCUT2D eigenvalue weighted by molar-refractivity contribution is 0.0774. The number of rotatable bonds is 7. The van der Waals surface area contributed by atoms with Crippen LogP contribution in [0.25, 0.3) is 0 Å². The number of benzene rings is 2. The third-order valence-electron chi connectivity index (χ3n) is 3.92. The molecule has 2 rings (SSSR count). The van der Waals surface area contributed by atoms with E-state index < -0.39 is 10.0 Å². The Kier molecular flexibility index (Phi) is 6.12. The average Bonchev–Trinajstić information content (AvgIpc) is 2.58. The number of hydrogen-bond acceptors (Lipinski definition) is 3. The first-order chi connectivity index (χ1) is 11.8. The fraction of sp³-hybridized carbons (Fsp3) is 0.211. The molecule has 0 spiro atoms. The number of aryl methyl sites for hydroxylation is 1. The van der Waals surface area contributed by atoms with E-state index in [4.69, 9.17) is 5.14 Å². The second-order valence-electron chi connectivity index (χ2n) is 5.80. The zero-order valence-electron chi connectivity index (χ0n) is 14.2. The van der Waals surface area contributed by atoms with Crippen molar-refractivity contribution in [2.75, 3.05) is 13.1 Å². The van der Waals surface area contributed by atoms with Crippen LogP contribution >= 0.6 is 0 Å². The molecule has 2 aromatic carbocycles. The van der Waals surface area contributed by atoms with E-state index in [2.05, 4.69) is 6.58 Å². The first-order valence-electron chi connectivity index (χ1n) is 7.90. The molecule has 0 bridgehead atoms. The van der Waals surface area contributed by atoms with Gasteiger partial charge >= 0.3 is 0 Å². The van der Waals surface area contributed by atoms with Crippen molar-refractivity contribution >= 4 is 15.9 Å². The molecule has 0 aliphatic heterocycles. The van der Waals surface area contributed by atoms with Crippen LogP contribution in [0, 0.1) is 6.92 Å². The van der Waals surface area contributed by atoms with Gasteiger partial charge < -0.3 is 4.90 Å². The maximum absolute atomic E-state index is 12.9. The molecule has 0 unspecified atom stereocenters. The second-order valence-corrected chi connectivity index (χ2v) is 7.36. The van der Waals surface area contributed by atoms with Gasteiger partial charge in [-0.2, -0.15) is 0 Å². The van der Waals surface area contributed by atoms with Gasteiger partial charge in [-0.15, -0.1) is 6.58 Å². The molecule has 0 aliphatic rings. The molecule has 2 N–H and O–H groups in total. The van der Waals surface area contributed by atoms with Gasteiger partial charge in [0.05, 0.1) is 4.90 Å². The van der Waals surface area contributed by atoms with Crippen LogP contribution in [0.4, 0.5) is 0 Å². The van der Waals surface area contributed by atoms with Gasteiger partial charge in [0.2, 0.25) is 10.0 Å². The fourth-order valence-corrected chi connectivity index (χ4v) is 3.06. The van der Waals surface area contributed by atoms with E-state index in [0.717, 1.165) is 5.56 Å². The molecule has 0 radical (unpaired) electrons. The van der Waals surface area contributed by atoms with Gasteiger partial charge in [-0.1, -0.05) is 42.5 Å². The Hall–Kier alpha value is -2.44. The van der Waals surface area contributed by atoms with Crippen molar-refractivity contribution < 1.29 is 13.2 Å². The molecule has 0 heterocycles. The topological polar surface area (TPSA) is 80.5 Å². The van der Waals surface area contributed by atoms with Crippen LogP contribution in [0.5, 0.6) is 0 Å². The molecule has 0 saturated heterocycles. The molecule has 5 nitrogen and oxygen atoms in total. The zero-order chi connectivity index (χ0) is 18.4. The SMILES string of the molecule is C=CCN(CCc1ccccc1)C(=O)c1cc(S(N)(=O)=O)ccc1C. The smallest absolute Gasteiger partial charge is 0.254 e. The number of nitrogens with zero attached hydrogens (tertiary/aromatic N) is 1. The van der Waals surface area contributed by atoms with Crippen LogP contribution in [0.15, 0.2) is 66.1 Å². The maximum atomic E-state index is 12.9. The molecule has 2 aromatic rings. The highest BCUT2D eigenvalue weighted by atomic mass is 32.2. The Bertz CT molecular complexity index is 861. The number of sulfonamides is 1. The van der Waals surface area contributed by atoms with Crippen molar-refractivity contribution in [1.82, 2.24) is 4.90 Å². The summed E-state index contributed by atoms with van der Waals surface area (Å²) in [5, 5.41) is 5.18.